The maximum Gasteiger partial charge on any atom is 0.258 e. The van der Waals surface area contributed by atoms with Crippen LogP contribution in [0.2, 0.25) is 5.02 Å². The van der Waals surface area contributed by atoms with Crippen LogP contribution in [0, 0.1) is 0 Å². The Morgan fingerprint density at radius 1 is 1.17 bits per heavy atom. The number of amides is 3. The fourth-order valence-corrected chi connectivity index (χ4v) is 3.47. The number of ether oxygens (including phenoxy) is 1. The van der Waals surface area contributed by atoms with E-state index in [4.69, 9.17) is 16.3 Å². The van der Waals surface area contributed by atoms with Crippen molar-refractivity contribution in [1.82, 2.24) is 10.2 Å². The summed E-state index contributed by atoms with van der Waals surface area (Å²) in [5, 5.41) is 5.73. The number of halogens is 1. The highest BCUT2D eigenvalue weighted by molar-refractivity contribution is 6.31. The molecule has 0 aromatic heterocycles. The number of anilines is 1. The normalized spacial score (nSPS) is 15.7. The van der Waals surface area contributed by atoms with Crippen molar-refractivity contribution in [2.24, 2.45) is 0 Å². The van der Waals surface area contributed by atoms with Gasteiger partial charge in [-0.1, -0.05) is 29.8 Å². The molecule has 0 saturated carbocycles. The Morgan fingerprint density at radius 2 is 1.93 bits per heavy atom. The van der Waals surface area contributed by atoms with Gasteiger partial charge >= 0.3 is 0 Å². The largest absolute Gasteiger partial charge is 0.496 e. The summed E-state index contributed by atoms with van der Waals surface area (Å²) in [6.45, 7) is 0.273. The van der Waals surface area contributed by atoms with E-state index in [1.165, 1.54) is 18.1 Å². The van der Waals surface area contributed by atoms with Crippen LogP contribution in [0.25, 0.3) is 0 Å². The molecule has 8 heteroatoms. The third-order valence-corrected chi connectivity index (χ3v) is 4.92. The van der Waals surface area contributed by atoms with E-state index in [0.717, 1.165) is 0 Å². The summed E-state index contributed by atoms with van der Waals surface area (Å²) >= 11 is 6.02. The lowest BCUT2D eigenvalue weighted by molar-refractivity contribution is -0.127. The first-order valence-corrected chi connectivity index (χ1v) is 9.64. The van der Waals surface area contributed by atoms with Crippen molar-refractivity contribution < 1.29 is 19.1 Å². The van der Waals surface area contributed by atoms with Gasteiger partial charge in [0.05, 0.1) is 19.2 Å². The van der Waals surface area contributed by atoms with Gasteiger partial charge in [0, 0.05) is 17.3 Å². The van der Waals surface area contributed by atoms with Gasteiger partial charge in [0.15, 0.2) is 0 Å². The molecule has 0 aliphatic carbocycles. The maximum atomic E-state index is 13.0. The second-order valence-corrected chi connectivity index (χ2v) is 7.07. The molecule has 152 valence electrons. The fraction of sp³-hybridized carbons (Fsp3) is 0.286. The van der Waals surface area contributed by atoms with Crippen molar-refractivity contribution in [3.05, 3.63) is 59.1 Å². The van der Waals surface area contributed by atoms with Crippen LogP contribution in [-0.2, 0) is 9.59 Å². The van der Waals surface area contributed by atoms with Crippen molar-refractivity contribution in [3.63, 3.8) is 0 Å². The zero-order valence-electron chi connectivity index (χ0n) is 16.0. The Labute approximate surface area is 174 Å². The average Bonchev–Trinajstić information content (AvgIpc) is 3.22. The Balaban J connectivity index is 1.62. The number of carbonyl (C=O) groups is 3. The predicted molar refractivity (Wildman–Crippen MR) is 110 cm³/mol. The number of nitrogens with zero attached hydrogens (tertiary/aromatic N) is 1. The van der Waals surface area contributed by atoms with Crippen molar-refractivity contribution >= 4 is 35.0 Å². The molecule has 1 heterocycles. The van der Waals surface area contributed by atoms with E-state index in [0.29, 0.717) is 41.4 Å². The number of carbonyl (C=O) groups excluding carboxylic acids is 3. The molecule has 0 bridgehead atoms. The molecule has 1 fully saturated rings. The summed E-state index contributed by atoms with van der Waals surface area (Å²) in [5.41, 5.74) is 0.957. The number of methoxy groups -OCH3 is 1. The molecule has 1 atom stereocenters. The molecule has 3 amide bonds. The third kappa shape index (κ3) is 5.06. The summed E-state index contributed by atoms with van der Waals surface area (Å²) in [5.74, 6) is -0.625. The Bertz CT molecular complexity index is 904. The van der Waals surface area contributed by atoms with E-state index >= 15 is 0 Å². The van der Waals surface area contributed by atoms with E-state index in [-0.39, 0.29) is 24.3 Å². The van der Waals surface area contributed by atoms with Gasteiger partial charge < -0.3 is 20.3 Å². The summed E-state index contributed by atoms with van der Waals surface area (Å²) in [7, 11) is 1.47. The number of nitrogens with one attached hydrogen (secondary N) is 2. The molecule has 1 aliphatic heterocycles. The van der Waals surface area contributed by atoms with Crippen LogP contribution in [-0.4, -0.2) is 48.9 Å². The number of benzene rings is 2. The second kappa shape index (κ2) is 9.43. The molecule has 29 heavy (non-hydrogen) atoms. The third-order valence-electron chi connectivity index (χ3n) is 4.69. The standard InChI is InChI=1S/C21H22ClN3O4/c1-29-18-10-9-14(22)12-16(18)21(28)25-11-5-8-17(25)20(27)23-13-19(26)24-15-6-3-2-4-7-15/h2-4,6-7,9-10,12,17H,5,8,11,13H2,1H3,(H,23,27)(H,24,26). The topological polar surface area (TPSA) is 87.7 Å². The maximum absolute atomic E-state index is 13.0. The molecule has 0 spiro atoms. The number of rotatable bonds is 6. The van der Waals surface area contributed by atoms with Gasteiger partial charge in [0.1, 0.15) is 11.8 Å². The van der Waals surface area contributed by atoms with Gasteiger partial charge in [-0.25, -0.2) is 0 Å². The number of hydrogen-bond donors (Lipinski definition) is 2. The fourth-order valence-electron chi connectivity index (χ4n) is 3.30. The molecular weight excluding hydrogens is 394 g/mol. The molecule has 2 aromatic rings. The summed E-state index contributed by atoms with van der Waals surface area (Å²) in [4.78, 5) is 39.2. The zero-order chi connectivity index (χ0) is 20.8. The van der Waals surface area contributed by atoms with Crippen LogP contribution in [0.1, 0.15) is 23.2 Å². The Kier molecular flexibility index (Phi) is 6.72. The predicted octanol–water partition coefficient (Wildman–Crippen LogP) is 2.71. The molecule has 7 nitrogen and oxygen atoms in total. The second-order valence-electron chi connectivity index (χ2n) is 6.63. The lowest BCUT2D eigenvalue weighted by atomic mass is 10.1. The van der Waals surface area contributed by atoms with Crippen LogP contribution >= 0.6 is 11.6 Å². The number of hydrogen-bond acceptors (Lipinski definition) is 4. The van der Waals surface area contributed by atoms with Crippen LogP contribution in [0.4, 0.5) is 5.69 Å². The molecule has 2 N–H and O–H groups in total. The summed E-state index contributed by atoms with van der Waals surface area (Å²) in [6.07, 6.45) is 1.23. The van der Waals surface area contributed by atoms with Gasteiger partial charge in [-0.15, -0.1) is 0 Å². The minimum Gasteiger partial charge on any atom is -0.496 e. The molecule has 1 aliphatic rings. The number of para-hydroxylation sites is 1. The van der Waals surface area contributed by atoms with Gasteiger partial charge in [-0.2, -0.15) is 0 Å². The zero-order valence-corrected chi connectivity index (χ0v) is 16.7. The summed E-state index contributed by atoms with van der Waals surface area (Å²) < 4.78 is 5.25. The van der Waals surface area contributed by atoms with Crippen molar-refractivity contribution in [1.29, 1.82) is 0 Å². The first-order chi connectivity index (χ1) is 14.0. The SMILES string of the molecule is COc1ccc(Cl)cc1C(=O)N1CCCC1C(=O)NCC(=O)Nc1ccccc1. The minimum atomic E-state index is -0.643. The van der Waals surface area contributed by atoms with Crippen molar-refractivity contribution in [2.45, 2.75) is 18.9 Å². The average molecular weight is 416 g/mol. The molecule has 1 saturated heterocycles. The van der Waals surface area contributed by atoms with Crippen LogP contribution in [0.5, 0.6) is 5.75 Å². The lowest BCUT2D eigenvalue weighted by Crippen LogP contribution is -2.47. The van der Waals surface area contributed by atoms with Crippen LogP contribution < -0.4 is 15.4 Å². The minimum absolute atomic E-state index is 0.174. The monoisotopic (exact) mass is 415 g/mol. The van der Waals surface area contributed by atoms with Crippen LogP contribution in [0.3, 0.4) is 0 Å². The first kappa shape index (κ1) is 20.7. The van der Waals surface area contributed by atoms with E-state index in [1.54, 1.807) is 36.4 Å². The van der Waals surface area contributed by atoms with Crippen LogP contribution in [0.15, 0.2) is 48.5 Å². The molecule has 0 radical (unpaired) electrons. The van der Waals surface area contributed by atoms with E-state index in [1.807, 2.05) is 6.07 Å². The highest BCUT2D eigenvalue weighted by Crippen LogP contribution is 2.27. The quantitative estimate of drug-likeness (QED) is 0.759. The van der Waals surface area contributed by atoms with Crippen molar-refractivity contribution in [3.8, 4) is 5.75 Å². The highest BCUT2D eigenvalue weighted by Gasteiger charge is 2.35. The lowest BCUT2D eigenvalue weighted by Gasteiger charge is -2.24. The molecule has 1 unspecified atom stereocenters. The molecule has 2 aromatic carbocycles. The van der Waals surface area contributed by atoms with E-state index < -0.39 is 6.04 Å². The Hall–Kier alpha value is -3.06. The van der Waals surface area contributed by atoms with Gasteiger partial charge in [0.25, 0.3) is 5.91 Å². The highest BCUT2D eigenvalue weighted by atomic mass is 35.5. The van der Waals surface area contributed by atoms with Gasteiger partial charge in [-0.05, 0) is 43.2 Å². The van der Waals surface area contributed by atoms with Gasteiger partial charge in [-0.3, -0.25) is 14.4 Å². The first-order valence-electron chi connectivity index (χ1n) is 9.26. The van der Waals surface area contributed by atoms with Crippen molar-refractivity contribution in [2.75, 3.05) is 25.5 Å². The molecular formula is C21H22ClN3O4. The Morgan fingerprint density at radius 3 is 2.66 bits per heavy atom. The van der Waals surface area contributed by atoms with Gasteiger partial charge in [0.2, 0.25) is 11.8 Å². The smallest absolute Gasteiger partial charge is 0.258 e. The number of likely N-dealkylation sites (tertiary alicyclic amines) is 1. The van der Waals surface area contributed by atoms with E-state index in [2.05, 4.69) is 10.6 Å². The molecule has 3 rings (SSSR count). The van der Waals surface area contributed by atoms with E-state index in [9.17, 15) is 14.4 Å². The summed E-state index contributed by atoms with van der Waals surface area (Å²) in [6, 6.07) is 13.1.